The van der Waals surface area contributed by atoms with E-state index in [0.29, 0.717) is 26.4 Å². The molecule has 0 aromatic rings. The van der Waals surface area contributed by atoms with Gasteiger partial charge in [0.05, 0.1) is 39.6 Å². The first-order valence-corrected chi connectivity index (χ1v) is 5.44. The molecule has 0 aromatic carbocycles. The van der Waals surface area contributed by atoms with Crippen molar-refractivity contribution in [2.75, 3.05) is 59.3 Å². The molecular weight excluding hydrogens is 198 g/mol. The van der Waals surface area contributed by atoms with Gasteiger partial charge in [-0.3, -0.25) is 4.90 Å². The SMILES string of the molecule is CCN(CCOCCO)CCOCCO. The second-order valence-corrected chi connectivity index (χ2v) is 3.11. The van der Waals surface area contributed by atoms with Gasteiger partial charge < -0.3 is 19.7 Å². The van der Waals surface area contributed by atoms with Crippen molar-refractivity contribution < 1.29 is 19.7 Å². The molecule has 0 saturated heterocycles. The number of hydrogen-bond donors (Lipinski definition) is 2. The third kappa shape index (κ3) is 10.1. The average molecular weight is 221 g/mol. The van der Waals surface area contributed by atoms with Crippen LogP contribution in [0.25, 0.3) is 0 Å². The van der Waals surface area contributed by atoms with Crippen LogP contribution in [-0.2, 0) is 9.47 Å². The monoisotopic (exact) mass is 221 g/mol. The van der Waals surface area contributed by atoms with Crippen LogP contribution < -0.4 is 0 Å². The summed E-state index contributed by atoms with van der Waals surface area (Å²) in [6, 6.07) is 0. The van der Waals surface area contributed by atoms with E-state index in [1.165, 1.54) is 0 Å². The van der Waals surface area contributed by atoms with Crippen molar-refractivity contribution in [3.05, 3.63) is 0 Å². The molecule has 0 radical (unpaired) electrons. The van der Waals surface area contributed by atoms with Gasteiger partial charge in [0.1, 0.15) is 0 Å². The summed E-state index contributed by atoms with van der Waals surface area (Å²) in [6.07, 6.45) is 0. The van der Waals surface area contributed by atoms with Crippen LogP contribution in [-0.4, -0.2) is 74.4 Å². The summed E-state index contributed by atoms with van der Waals surface area (Å²) < 4.78 is 10.3. The van der Waals surface area contributed by atoms with Gasteiger partial charge in [-0.2, -0.15) is 0 Å². The van der Waals surface area contributed by atoms with Crippen LogP contribution in [0.1, 0.15) is 6.92 Å². The molecule has 0 spiro atoms. The average Bonchev–Trinajstić information content (AvgIpc) is 2.27. The van der Waals surface area contributed by atoms with Crippen molar-refractivity contribution in [1.82, 2.24) is 4.90 Å². The Kier molecular flexibility index (Phi) is 11.7. The third-order valence-electron chi connectivity index (χ3n) is 2.02. The highest BCUT2D eigenvalue weighted by Crippen LogP contribution is 1.89. The standard InChI is InChI=1S/C10H23NO4/c1-2-11(3-7-14-9-5-12)4-8-15-10-6-13/h12-13H,2-10H2,1H3. The van der Waals surface area contributed by atoms with E-state index >= 15 is 0 Å². The number of ether oxygens (including phenoxy) is 2. The van der Waals surface area contributed by atoms with Crippen LogP contribution in [0.5, 0.6) is 0 Å². The maximum atomic E-state index is 8.51. The number of likely N-dealkylation sites (N-methyl/N-ethyl adjacent to an activating group) is 1. The number of aliphatic hydroxyl groups is 2. The van der Waals surface area contributed by atoms with Crippen molar-refractivity contribution in [3.8, 4) is 0 Å². The lowest BCUT2D eigenvalue weighted by Crippen LogP contribution is -2.31. The topological polar surface area (TPSA) is 62.2 Å². The van der Waals surface area contributed by atoms with Gasteiger partial charge in [-0.25, -0.2) is 0 Å². The Bertz CT molecular complexity index is 112. The molecule has 5 nitrogen and oxygen atoms in total. The molecular formula is C10H23NO4. The largest absolute Gasteiger partial charge is 0.394 e. The van der Waals surface area contributed by atoms with Gasteiger partial charge in [-0.15, -0.1) is 0 Å². The second-order valence-electron chi connectivity index (χ2n) is 3.11. The zero-order chi connectivity index (χ0) is 11.4. The molecule has 0 aliphatic carbocycles. The molecule has 2 N–H and O–H groups in total. The third-order valence-corrected chi connectivity index (χ3v) is 2.02. The minimum absolute atomic E-state index is 0.0751. The highest BCUT2D eigenvalue weighted by atomic mass is 16.5. The molecule has 0 heterocycles. The Labute approximate surface area is 91.6 Å². The molecule has 0 fully saturated rings. The van der Waals surface area contributed by atoms with Crippen LogP contribution in [0, 0.1) is 0 Å². The summed E-state index contributed by atoms with van der Waals surface area (Å²) in [5.41, 5.74) is 0. The summed E-state index contributed by atoms with van der Waals surface area (Å²) in [7, 11) is 0. The van der Waals surface area contributed by atoms with Crippen LogP contribution in [0.3, 0.4) is 0 Å². The molecule has 0 saturated carbocycles. The van der Waals surface area contributed by atoms with Crippen LogP contribution >= 0.6 is 0 Å². The first kappa shape index (κ1) is 14.8. The Morgan fingerprint density at radius 2 is 1.33 bits per heavy atom. The fourth-order valence-electron chi connectivity index (χ4n) is 1.15. The van der Waals surface area contributed by atoms with Crippen molar-refractivity contribution in [1.29, 1.82) is 0 Å². The molecule has 92 valence electrons. The van der Waals surface area contributed by atoms with Crippen molar-refractivity contribution in [2.24, 2.45) is 0 Å². The molecule has 0 aliphatic heterocycles. The van der Waals surface area contributed by atoms with Gasteiger partial charge in [0.25, 0.3) is 0 Å². The molecule has 0 atom stereocenters. The predicted octanol–water partition coefficient (Wildman–Crippen LogP) is -0.674. The molecule has 15 heavy (non-hydrogen) atoms. The molecule has 0 amide bonds. The first-order chi connectivity index (χ1) is 7.35. The van der Waals surface area contributed by atoms with E-state index in [2.05, 4.69) is 11.8 Å². The second kappa shape index (κ2) is 11.9. The molecule has 0 aromatic heterocycles. The Morgan fingerprint density at radius 3 is 1.67 bits per heavy atom. The minimum Gasteiger partial charge on any atom is -0.394 e. The van der Waals surface area contributed by atoms with E-state index in [-0.39, 0.29) is 13.2 Å². The van der Waals surface area contributed by atoms with Crippen LogP contribution in [0.4, 0.5) is 0 Å². The lowest BCUT2D eigenvalue weighted by atomic mass is 10.5. The number of aliphatic hydroxyl groups excluding tert-OH is 2. The Hall–Kier alpha value is -0.200. The summed E-state index contributed by atoms with van der Waals surface area (Å²) in [5.74, 6) is 0. The summed E-state index contributed by atoms with van der Waals surface area (Å²) in [6.45, 7) is 6.94. The first-order valence-electron chi connectivity index (χ1n) is 5.44. The maximum Gasteiger partial charge on any atom is 0.0698 e. The van der Waals surface area contributed by atoms with Gasteiger partial charge in [0.15, 0.2) is 0 Å². The number of nitrogens with zero attached hydrogens (tertiary/aromatic N) is 1. The molecule has 5 heteroatoms. The quantitative estimate of drug-likeness (QED) is 0.453. The van der Waals surface area contributed by atoms with E-state index in [9.17, 15) is 0 Å². The van der Waals surface area contributed by atoms with E-state index in [1.54, 1.807) is 0 Å². The van der Waals surface area contributed by atoms with Gasteiger partial charge in [-0.05, 0) is 6.54 Å². The zero-order valence-electron chi connectivity index (χ0n) is 9.52. The number of hydrogen-bond acceptors (Lipinski definition) is 5. The molecule has 0 rings (SSSR count). The highest BCUT2D eigenvalue weighted by Gasteiger charge is 2.01. The fraction of sp³-hybridized carbons (Fsp3) is 1.00. The van der Waals surface area contributed by atoms with Gasteiger partial charge in [-0.1, -0.05) is 6.92 Å². The lowest BCUT2D eigenvalue weighted by Gasteiger charge is -2.19. The highest BCUT2D eigenvalue weighted by molar-refractivity contribution is 4.53. The van der Waals surface area contributed by atoms with Crippen LogP contribution in [0.2, 0.25) is 0 Å². The summed E-state index contributed by atoms with van der Waals surface area (Å²) in [4.78, 5) is 2.20. The fourth-order valence-corrected chi connectivity index (χ4v) is 1.15. The van der Waals surface area contributed by atoms with Crippen molar-refractivity contribution in [2.45, 2.75) is 6.92 Å². The van der Waals surface area contributed by atoms with E-state index in [4.69, 9.17) is 19.7 Å². The Balaban J connectivity index is 3.29. The van der Waals surface area contributed by atoms with Crippen LogP contribution in [0.15, 0.2) is 0 Å². The van der Waals surface area contributed by atoms with Gasteiger partial charge in [0, 0.05) is 13.1 Å². The smallest absolute Gasteiger partial charge is 0.0698 e. The molecule has 0 aliphatic rings. The lowest BCUT2D eigenvalue weighted by molar-refractivity contribution is 0.0522. The summed E-state index contributed by atoms with van der Waals surface area (Å²) >= 11 is 0. The van der Waals surface area contributed by atoms with Gasteiger partial charge >= 0.3 is 0 Å². The summed E-state index contributed by atoms with van der Waals surface area (Å²) in [5, 5.41) is 17.0. The zero-order valence-corrected chi connectivity index (χ0v) is 9.52. The number of rotatable bonds is 11. The molecule has 0 bridgehead atoms. The van der Waals surface area contributed by atoms with Gasteiger partial charge in [0.2, 0.25) is 0 Å². The van der Waals surface area contributed by atoms with E-state index in [1.807, 2.05) is 0 Å². The normalized spacial score (nSPS) is 11.2. The maximum absolute atomic E-state index is 8.51. The predicted molar refractivity (Wildman–Crippen MR) is 57.9 cm³/mol. The van der Waals surface area contributed by atoms with Crippen molar-refractivity contribution in [3.63, 3.8) is 0 Å². The van der Waals surface area contributed by atoms with E-state index < -0.39 is 0 Å². The van der Waals surface area contributed by atoms with E-state index in [0.717, 1.165) is 19.6 Å². The van der Waals surface area contributed by atoms with Crippen molar-refractivity contribution >= 4 is 0 Å². The minimum atomic E-state index is 0.0751. The molecule has 0 unspecified atom stereocenters. The Morgan fingerprint density at radius 1 is 0.867 bits per heavy atom.